The average Bonchev–Trinajstić information content (AvgIpc) is 3.41. The zero-order chi connectivity index (χ0) is 18.5. The van der Waals surface area contributed by atoms with Gasteiger partial charge in [0.25, 0.3) is 0 Å². The highest BCUT2D eigenvalue weighted by atomic mass is 16.5. The maximum Gasteiger partial charge on any atom is 0.339 e. The van der Waals surface area contributed by atoms with Crippen LogP contribution in [-0.4, -0.2) is 32.3 Å². The van der Waals surface area contributed by atoms with Crippen molar-refractivity contribution >= 4 is 5.97 Å². The summed E-state index contributed by atoms with van der Waals surface area (Å²) in [5, 5.41) is 3.97. The van der Waals surface area contributed by atoms with E-state index in [1.807, 2.05) is 36.4 Å². The highest BCUT2D eigenvalue weighted by Gasteiger charge is 2.18. The smallest absolute Gasteiger partial charge is 0.339 e. The molecule has 4 rings (SSSR count). The van der Waals surface area contributed by atoms with E-state index in [0.717, 1.165) is 5.56 Å². The van der Waals surface area contributed by atoms with E-state index in [4.69, 9.17) is 9.15 Å². The summed E-state index contributed by atoms with van der Waals surface area (Å²) in [5.41, 5.74) is 1.91. The van der Waals surface area contributed by atoms with Gasteiger partial charge in [0.1, 0.15) is 19.3 Å². The lowest BCUT2D eigenvalue weighted by molar-refractivity contribution is 0.0488. The summed E-state index contributed by atoms with van der Waals surface area (Å²) in [6.45, 7) is 0.627. The Balaban J connectivity index is 1.52. The summed E-state index contributed by atoms with van der Waals surface area (Å²) in [7, 11) is 0. The fourth-order valence-electron chi connectivity index (χ4n) is 2.64. The normalized spacial score (nSPS) is 10.7. The van der Waals surface area contributed by atoms with Crippen LogP contribution in [0.15, 0.2) is 77.9 Å². The number of ether oxygens (including phenoxy) is 1. The number of esters is 1. The van der Waals surface area contributed by atoms with E-state index >= 15 is 0 Å². The van der Waals surface area contributed by atoms with Gasteiger partial charge in [-0.1, -0.05) is 42.5 Å². The van der Waals surface area contributed by atoms with E-state index in [9.17, 15) is 4.79 Å². The number of nitrogens with zero attached hydrogens (tertiary/aromatic N) is 4. The molecule has 0 aliphatic heterocycles. The van der Waals surface area contributed by atoms with Gasteiger partial charge in [-0.25, -0.2) is 19.4 Å². The second kappa shape index (κ2) is 7.65. The van der Waals surface area contributed by atoms with E-state index in [-0.39, 0.29) is 6.61 Å². The molecule has 0 bridgehead atoms. The van der Waals surface area contributed by atoms with E-state index in [0.29, 0.717) is 29.3 Å². The highest BCUT2D eigenvalue weighted by molar-refractivity contribution is 5.96. The van der Waals surface area contributed by atoms with Gasteiger partial charge in [-0.2, -0.15) is 5.10 Å². The molecule has 7 heteroatoms. The summed E-state index contributed by atoms with van der Waals surface area (Å²) in [6.07, 6.45) is 4.65. The minimum absolute atomic E-state index is 0.192. The second-order valence-electron chi connectivity index (χ2n) is 5.74. The molecule has 0 N–H and O–H groups in total. The number of hydrogen-bond donors (Lipinski definition) is 0. The zero-order valence-electron chi connectivity index (χ0n) is 14.4. The Morgan fingerprint density at radius 1 is 1.07 bits per heavy atom. The Bertz CT molecular complexity index is 1030. The van der Waals surface area contributed by atoms with Gasteiger partial charge in [-0.05, 0) is 12.1 Å². The van der Waals surface area contributed by atoms with Crippen LogP contribution >= 0.6 is 0 Å². The molecule has 27 heavy (non-hydrogen) atoms. The lowest BCUT2D eigenvalue weighted by Gasteiger charge is -2.07. The van der Waals surface area contributed by atoms with Gasteiger partial charge in [0.05, 0.1) is 23.9 Å². The lowest BCUT2D eigenvalue weighted by Crippen LogP contribution is -2.12. The van der Waals surface area contributed by atoms with Crippen LogP contribution in [0.3, 0.4) is 0 Å². The molecule has 134 valence electrons. The van der Waals surface area contributed by atoms with Crippen molar-refractivity contribution in [3.05, 3.63) is 79.0 Å². The van der Waals surface area contributed by atoms with Gasteiger partial charge < -0.3 is 9.15 Å². The van der Waals surface area contributed by atoms with Gasteiger partial charge in [0.15, 0.2) is 5.76 Å². The van der Waals surface area contributed by atoms with Crippen molar-refractivity contribution in [2.75, 3.05) is 6.61 Å². The average molecular weight is 360 g/mol. The predicted octanol–water partition coefficient (Wildman–Crippen LogP) is 3.46. The molecule has 2 aromatic heterocycles. The minimum Gasteiger partial charge on any atom is -0.460 e. The quantitative estimate of drug-likeness (QED) is 0.490. The number of carbonyl (C=O) groups excluding carboxylic acids is 1. The first-order chi connectivity index (χ1) is 13.3. The molecule has 2 heterocycles. The van der Waals surface area contributed by atoms with Crippen LogP contribution in [0.5, 0.6) is 0 Å². The molecule has 0 aliphatic carbocycles. The summed E-state index contributed by atoms with van der Waals surface area (Å²) in [6, 6.07) is 16.8. The van der Waals surface area contributed by atoms with Crippen molar-refractivity contribution in [2.45, 2.75) is 6.54 Å². The number of carbonyl (C=O) groups is 1. The third-order valence-corrected chi connectivity index (χ3v) is 3.96. The maximum absolute atomic E-state index is 12.5. The van der Waals surface area contributed by atoms with Crippen LogP contribution in [0.25, 0.3) is 22.8 Å². The molecule has 0 atom stereocenters. The maximum atomic E-state index is 12.5. The van der Waals surface area contributed by atoms with Gasteiger partial charge in [0, 0.05) is 5.56 Å². The summed E-state index contributed by atoms with van der Waals surface area (Å²) in [4.78, 5) is 20.7. The molecule has 0 aliphatic rings. The predicted molar refractivity (Wildman–Crippen MR) is 97.7 cm³/mol. The molecule has 0 amide bonds. The van der Waals surface area contributed by atoms with Gasteiger partial charge in [-0.15, -0.1) is 0 Å². The minimum atomic E-state index is -0.440. The second-order valence-corrected chi connectivity index (χ2v) is 5.74. The van der Waals surface area contributed by atoms with Crippen molar-refractivity contribution < 1.29 is 13.9 Å². The third kappa shape index (κ3) is 3.77. The fourth-order valence-corrected chi connectivity index (χ4v) is 2.64. The van der Waals surface area contributed by atoms with Crippen LogP contribution in [0.2, 0.25) is 0 Å². The number of hydrogen-bond acceptors (Lipinski definition) is 6. The first kappa shape index (κ1) is 16.7. The Morgan fingerprint density at radius 2 is 1.89 bits per heavy atom. The van der Waals surface area contributed by atoms with Crippen LogP contribution in [0, 0.1) is 0 Å². The number of oxazole rings is 1. The summed E-state index contributed by atoms with van der Waals surface area (Å²) < 4.78 is 12.8. The van der Waals surface area contributed by atoms with Crippen LogP contribution in [0.1, 0.15) is 10.4 Å². The Kier molecular flexibility index (Phi) is 4.74. The van der Waals surface area contributed by atoms with Gasteiger partial charge in [-0.3, -0.25) is 0 Å². The monoisotopic (exact) mass is 360 g/mol. The van der Waals surface area contributed by atoms with Gasteiger partial charge in [0.2, 0.25) is 5.89 Å². The SMILES string of the molecule is O=C(OCCn1cncn1)c1ccccc1-c1ncc(-c2ccccc2)o1. The van der Waals surface area contributed by atoms with Crippen molar-refractivity contribution in [3.63, 3.8) is 0 Å². The first-order valence-corrected chi connectivity index (χ1v) is 8.41. The number of benzene rings is 2. The van der Waals surface area contributed by atoms with Crippen LogP contribution < -0.4 is 0 Å². The van der Waals surface area contributed by atoms with E-state index < -0.39 is 5.97 Å². The molecule has 0 saturated carbocycles. The highest BCUT2D eigenvalue weighted by Crippen LogP contribution is 2.28. The van der Waals surface area contributed by atoms with Crippen molar-refractivity contribution in [2.24, 2.45) is 0 Å². The Labute approximate surface area is 155 Å². The van der Waals surface area contributed by atoms with Crippen molar-refractivity contribution in [1.82, 2.24) is 19.7 Å². The first-order valence-electron chi connectivity index (χ1n) is 8.41. The van der Waals surface area contributed by atoms with Crippen molar-refractivity contribution in [3.8, 4) is 22.8 Å². The molecule has 0 radical (unpaired) electrons. The Hall–Kier alpha value is -3.74. The molecule has 7 nitrogen and oxygen atoms in total. The largest absolute Gasteiger partial charge is 0.460 e. The third-order valence-electron chi connectivity index (χ3n) is 3.96. The summed E-state index contributed by atoms with van der Waals surface area (Å²) >= 11 is 0. The molecule has 2 aromatic carbocycles. The van der Waals surface area contributed by atoms with E-state index in [1.165, 1.54) is 6.33 Å². The van der Waals surface area contributed by atoms with Crippen LogP contribution in [0.4, 0.5) is 0 Å². The molecule has 0 unspecified atom stereocenters. The molecule has 0 fully saturated rings. The number of rotatable bonds is 6. The van der Waals surface area contributed by atoms with Crippen LogP contribution in [-0.2, 0) is 11.3 Å². The number of aromatic nitrogens is 4. The van der Waals surface area contributed by atoms with Crippen molar-refractivity contribution in [1.29, 1.82) is 0 Å². The molecule has 0 spiro atoms. The molecule has 0 saturated heterocycles. The zero-order valence-corrected chi connectivity index (χ0v) is 14.4. The molecule has 4 aromatic rings. The van der Waals surface area contributed by atoms with E-state index in [2.05, 4.69) is 15.1 Å². The Morgan fingerprint density at radius 3 is 2.70 bits per heavy atom. The summed E-state index contributed by atoms with van der Waals surface area (Å²) in [5.74, 6) is 0.572. The molecular weight excluding hydrogens is 344 g/mol. The fraction of sp³-hybridized carbons (Fsp3) is 0.100. The topological polar surface area (TPSA) is 83.0 Å². The lowest BCUT2D eigenvalue weighted by atomic mass is 10.1. The standard InChI is InChI=1S/C20H16N4O3/c25-20(26-11-10-24-14-21-13-23-24)17-9-5-4-8-16(17)19-22-12-18(27-19)15-6-2-1-3-7-15/h1-9,12-14H,10-11H2. The molecular formula is C20H16N4O3. The van der Waals surface area contributed by atoms with Gasteiger partial charge >= 0.3 is 5.97 Å². The van der Waals surface area contributed by atoms with E-state index in [1.54, 1.807) is 35.4 Å².